The highest BCUT2D eigenvalue weighted by Crippen LogP contribution is 2.22. The fraction of sp³-hybridized carbons (Fsp3) is 0.667. The molecule has 20 heavy (non-hydrogen) atoms. The molecule has 0 bridgehead atoms. The molecule has 1 aromatic carbocycles. The lowest BCUT2D eigenvalue weighted by atomic mass is 9.97. The highest BCUT2D eigenvalue weighted by Gasteiger charge is 2.10. The van der Waals surface area contributed by atoms with E-state index in [4.69, 9.17) is 5.73 Å². The standard InChI is InChI=1S/C18H30FN/c1-4-5-6-7-8-9-10-11-17(20)16-12-14(2)18(19)15(3)13-16/h12-13,17H,4-11,20H2,1-3H3. The van der Waals surface area contributed by atoms with Crippen LogP contribution in [0.1, 0.15) is 81.0 Å². The Kier molecular flexibility index (Phi) is 7.83. The van der Waals surface area contributed by atoms with Gasteiger partial charge in [-0.05, 0) is 37.0 Å². The minimum Gasteiger partial charge on any atom is -0.324 e. The fourth-order valence-electron chi connectivity index (χ4n) is 2.68. The van der Waals surface area contributed by atoms with Gasteiger partial charge in [0.1, 0.15) is 5.82 Å². The van der Waals surface area contributed by atoms with Gasteiger partial charge >= 0.3 is 0 Å². The summed E-state index contributed by atoms with van der Waals surface area (Å²) in [4.78, 5) is 0. The van der Waals surface area contributed by atoms with Crippen molar-refractivity contribution in [3.05, 3.63) is 34.6 Å². The van der Waals surface area contributed by atoms with Gasteiger partial charge < -0.3 is 5.73 Å². The topological polar surface area (TPSA) is 26.0 Å². The molecule has 114 valence electrons. The van der Waals surface area contributed by atoms with E-state index in [1.165, 1.54) is 44.9 Å². The van der Waals surface area contributed by atoms with E-state index in [-0.39, 0.29) is 11.9 Å². The number of halogens is 1. The van der Waals surface area contributed by atoms with Gasteiger partial charge in [0.15, 0.2) is 0 Å². The van der Waals surface area contributed by atoms with Crippen molar-refractivity contribution in [2.75, 3.05) is 0 Å². The van der Waals surface area contributed by atoms with Crippen LogP contribution in [-0.2, 0) is 0 Å². The van der Waals surface area contributed by atoms with Crippen molar-refractivity contribution in [1.82, 2.24) is 0 Å². The first-order valence-corrected chi connectivity index (χ1v) is 8.08. The van der Waals surface area contributed by atoms with Crippen molar-refractivity contribution >= 4 is 0 Å². The van der Waals surface area contributed by atoms with Gasteiger partial charge in [0.2, 0.25) is 0 Å². The first-order valence-electron chi connectivity index (χ1n) is 8.08. The van der Waals surface area contributed by atoms with Crippen LogP contribution in [0.2, 0.25) is 0 Å². The average Bonchev–Trinajstić information content (AvgIpc) is 2.43. The van der Waals surface area contributed by atoms with Crippen molar-refractivity contribution in [2.24, 2.45) is 5.73 Å². The summed E-state index contributed by atoms with van der Waals surface area (Å²) in [5, 5.41) is 0. The third kappa shape index (κ3) is 5.62. The van der Waals surface area contributed by atoms with Crippen LogP contribution >= 0.6 is 0 Å². The zero-order valence-electron chi connectivity index (χ0n) is 13.3. The van der Waals surface area contributed by atoms with Gasteiger partial charge in [0.25, 0.3) is 0 Å². The summed E-state index contributed by atoms with van der Waals surface area (Å²) in [7, 11) is 0. The molecule has 0 radical (unpaired) electrons. The van der Waals surface area contributed by atoms with Crippen molar-refractivity contribution in [2.45, 2.75) is 78.2 Å². The molecule has 0 saturated carbocycles. The highest BCUT2D eigenvalue weighted by atomic mass is 19.1. The Morgan fingerprint density at radius 3 is 2.00 bits per heavy atom. The van der Waals surface area contributed by atoms with Gasteiger partial charge in [-0.1, -0.05) is 64.0 Å². The lowest BCUT2D eigenvalue weighted by Gasteiger charge is -2.14. The number of hydrogen-bond acceptors (Lipinski definition) is 1. The molecule has 1 nitrogen and oxygen atoms in total. The van der Waals surface area contributed by atoms with Crippen molar-refractivity contribution in [3.63, 3.8) is 0 Å². The molecule has 1 atom stereocenters. The molecule has 0 saturated heterocycles. The maximum Gasteiger partial charge on any atom is 0.129 e. The van der Waals surface area contributed by atoms with E-state index in [2.05, 4.69) is 6.92 Å². The van der Waals surface area contributed by atoms with E-state index < -0.39 is 0 Å². The van der Waals surface area contributed by atoms with Gasteiger partial charge in [0.05, 0.1) is 0 Å². The number of aryl methyl sites for hydroxylation is 2. The van der Waals surface area contributed by atoms with Gasteiger partial charge in [-0.3, -0.25) is 0 Å². The Morgan fingerprint density at radius 2 is 1.45 bits per heavy atom. The van der Waals surface area contributed by atoms with Gasteiger partial charge in [-0.2, -0.15) is 0 Å². The molecular weight excluding hydrogens is 249 g/mol. The van der Waals surface area contributed by atoms with Crippen molar-refractivity contribution in [3.8, 4) is 0 Å². The lowest BCUT2D eigenvalue weighted by Crippen LogP contribution is -2.11. The molecule has 0 aliphatic carbocycles. The minimum atomic E-state index is -0.100. The second kappa shape index (κ2) is 9.12. The van der Waals surface area contributed by atoms with E-state index in [1.54, 1.807) is 0 Å². The summed E-state index contributed by atoms with van der Waals surface area (Å²) in [5.74, 6) is -0.100. The normalized spacial score (nSPS) is 12.7. The largest absolute Gasteiger partial charge is 0.324 e. The van der Waals surface area contributed by atoms with Crippen LogP contribution in [0.25, 0.3) is 0 Å². The fourth-order valence-corrected chi connectivity index (χ4v) is 2.68. The van der Waals surface area contributed by atoms with Crippen LogP contribution in [0, 0.1) is 19.7 Å². The number of hydrogen-bond donors (Lipinski definition) is 1. The van der Waals surface area contributed by atoms with Gasteiger partial charge in [0, 0.05) is 6.04 Å². The second-order valence-corrected chi connectivity index (χ2v) is 5.99. The molecular formula is C18H30FN. The summed E-state index contributed by atoms with van der Waals surface area (Å²) in [5.41, 5.74) is 8.71. The molecule has 1 unspecified atom stereocenters. The highest BCUT2D eigenvalue weighted by molar-refractivity contribution is 5.32. The molecule has 0 fully saturated rings. The van der Waals surface area contributed by atoms with E-state index in [9.17, 15) is 4.39 Å². The molecule has 1 aromatic rings. The van der Waals surface area contributed by atoms with E-state index in [1.807, 2.05) is 26.0 Å². The Bertz CT molecular complexity index is 377. The lowest BCUT2D eigenvalue weighted by molar-refractivity contribution is 0.539. The maximum atomic E-state index is 13.6. The third-order valence-corrected chi connectivity index (χ3v) is 4.01. The third-order valence-electron chi connectivity index (χ3n) is 4.01. The molecule has 2 N–H and O–H groups in total. The average molecular weight is 279 g/mol. The quantitative estimate of drug-likeness (QED) is 0.586. The zero-order valence-corrected chi connectivity index (χ0v) is 13.3. The molecule has 0 amide bonds. The smallest absolute Gasteiger partial charge is 0.129 e. The van der Waals surface area contributed by atoms with E-state index in [0.29, 0.717) is 11.1 Å². The first-order chi connectivity index (χ1) is 9.56. The van der Waals surface area contributed by atoms with Crippen LogP contribution in [0.3, 0.4) is 0 Å². The van der Waals surface area contributed by atoms with Crippen LogP contribution in [-0.4, -0.2) is 0 Å². The van der Waals surface area contributed by atoms with Crippen LogP contribution in [0.5, 0.6) is 0 Å². The van der Waals surface area contributed by atoms with Crippen molar-refractivity contribution in [1.29, 1.82) is 0 Å². The maximum absolute atomic E-state index is 13.6. The Balaban J connectivity index is 2.31. The predicted octanol–water partition coefficient (Wildman–Crippen LogP) is 5.58. The van der Waals surface area contributed by atoms with Gasteiger partial charge in [-0.15, -0.1) is 0 Å². The predicted molar refractivity (Wildman–Crippen MR) is 85.4 cm³/mol. The Hall–Kier alpha value is -0.890. The van der Waals surface area contributed by atoms with Crippen LogP contribution in [0.15, 0.2) is 12.1 Å². The van der Waals surface area contributed by atoms with Crippen LogP contribution < -0.4 is 5.73 Å². The summed E-state index contributed by atoms with van der Waals surface area (Å²) >= 11 is 0. The SMILES string of the molecule is CCCCCCCCCC(N)c1cc(C)c(F)c(C)c1. The molecule has 0 aliphatic heterocycles. The summed E-state index contributed by atoms with van der Waals surface area (Å²) in [6.45, 7) is 5.87. The number of nitrogens with two attached hydrogens (primary N) is 1. The van der Waals surface area contributed by atoms with E-state index >= 15 is 0 Å². The summed E-state index contributed by atoms with van der Waals surface area (Å²) in [6.07, 6.45) is 10.1. The van der Waals surface area contributed by atoms with Crippen molar-refractivity contribution < 1.29 is 4.39 Å². The summed E-state index contributed by atoms with van der Waals surface area (Å²) in [6, 6.07) is 3.84. The number of benzene rings is 1. The summed E-state index contributed by atoms with van der Waals surface area (Å²) < 4.78 is 13.6. The number of rotatable bonds is 9. The molecule has 0 aromatic heterocycles. The molecule has 0 spiro atoms. The Labute approximate surface area is 123 Å². The molecule has 2 heteroatoms. The Morgan fingerprint density at radius 1 is 0.950 bits per heavy atom. The number of unbranched alkanes of at least 4 members (excludes halogenated alkanes) is 6. The first kappa shape index (κ1) is 17.2. The minimum absolute atomic E-state index is 0.0450. The van der Waals surface area contributed by atoms with Crippen LogP contribution in [0.4, 0.5) is 4.39 Å². The van der Waals surface area contributed by atoms with Gasteiger partial charge in [-0.25, -0.2) is 4.39 Å². The molecule has 1 rings (SSSR count). The van der Waals surface area contributed by atoms with E-state index in [0.717, 1.165) is 12.0 Å². The molecule has 0 heterocycles. The monoisotopic (exact) mass is 279 g/mol. The second-order valence-electron chi connectivity index (χ2n) is 5.99. The zero-order chi connectivity index (χ0) is 15.0. The molecule has 0 aliphatic rings.